The van der Waals surface area contributed by atoms with Crippen molar-refractivity contribution in [2.45, 2.75) is 25.6 Å². The van der Waals surface area contributed by atoms with Gasteiger partial charge in [0.1, 0.15) is 0 Å². The molecule has 1 atom stereocenters. The Bertz CT molecular complexity index is 528. The van der Waals surface area contributed by atoms with E-state index in [1.807, 2.05) is 39.5 Å². The summed E-state index contributed by atoms with van der Waals surface area (Å²) < 4.78 is 0. The first-order valence-corrected chi connectivity index (χ1v) is 8.16. The summed E-state index contributed by atoms with van der Waals surface area (Å²) in [7, 11) is 6.08. The van der Waals surface area contributed by atoms with Crippen LogP contribution in [0.2, 0.25) is 0 Å². The number of nitrogens with zero attached hydrogens (tertiary/aromatic N) is 5. The van der Waals surface area contributed by atoms with Gasteiger partial charge < -0.3 is 20.4 Å². The fourth-order valence-electron chi connectivity index (χ4n) is 2.47. The first-order chi connectivity index (χ1) is 11.1. The number of anilines is 1. The Morgan fingerprint density at radius 3 is 2.42 bits per heavy atom. The zero-order chi connectivity index (χ0) is 16.7. The minimum Gasteiger partial charge on any atom is -0.378 e. The minimum atomic E-state index is -0.0543. The molecule has 0 radical (unpaired) electrons. The van der Waals surface area contributed by atoms with Crippen LogP contribution in [-0.2, 0) is 0 Å². The number of hydrogen-bond acceptors (Lipinski definition) is 6. The van der Waals surface area contributed by atoms with Crippen LogP contribution in [0.25, 0.3) is 0 Å². The lowest BCUT2D eigenvalue weighted by Crippen LogP contribution is -2.35. The van der Waals surface area contributed by atoms with Gasteiger partial charge in [0.25, 0.3) is 0 Å². The molecule has 0 bridgehead atoms. The zero-order valence-electron chi connectivity index (χ0n) is 14.8. The standard InChI is InChI=1S/C17H28N6.ClH/c1-21(2)16-9-7-15(8-10-16)19-20-17-22(3)13-14-23(17)12-6-4-5-11-18;/h7-10,13-14,17H,4-6,11-12,18H2,1-3H3;1H. The van der Waals surface area contributed by atoms with Crippen molar-refractivity contribution in [1.82, 2.24) is 9.80 Å². The van der Waals surface area contributed by atoms with Crippen LogP contribution < -0.4 is 10.6 Å². The van der Waals surface area contributed by atoms with Crippen LogP contribution >= 0.6 is 12.4 Å². The van der Waals surface area contributed by atoms with Gasteiger partial charge in [0.05, 0.1) is 5.69 Å². The molecule has 24 heavy (non-hydrogen) atoms. The molecule has 0 spiro atoms. The van der Waals surface area contributed by atoms with Gasteiger partial charge in [-0.1, -0.05) is 6.42 Å². The SMILES string of the molecule is CN(C)c1ccc(N=NC2N(C)C=CN2CCCCCN)cc1.Cl. The van der Waals surface area contributed by atoms with Crippen LogP contribution in [0.3, 0.4) is 0 Å². The van der Waals surface area contributed by atoms with Crippen molar-refractivity contribution in [2.75, 3.05) is 39.1 Å². The van der Waals surface area contributed by atoms with Gasteiger partial charge in [0.15, 0.2) is 0 Å². The molecule has 2 N–H and O–H groups in total. The monoisotopic (exact) mass is 352 g/mol. The van der Waals surface area contributed by atoms with E-state index in [0.29, 0.717) is 0 Å². The third-order valence-electron chi connectivity index (χ3n) is 3.92. The van der Waals surface area contributed by atoms with Gasteiger partial charge in [-0.15, -0.1) is 17.5 Å². The van der Waals surface area contributed by atoms with Crippen molar-refractivity contribution in [1.29, 1.82) is 0 Å². The van der Waals surface area contributed by atoms with Gasteiger partial charge in [0, 0.05) is 45.8 Å². The molecule has 1 aliphatic rings. The second-order valence-corrected chi connectivity index (χ2v) is 6.02. The van der Waals surface area contributed by atoms with E-state index >= 15 is 0 Å². The first kappa shape index (κ1) is 20.3. The summed E-state index contributed by atoms with van der Waals surface area (Å²) >= 11 is 0. The van der Waals surface area contributed by atoms with Crippen molar-refractivity contribution in [3.63, 3.8) is 0 Å². The Morgan fingerprint density at radius 2 is 1.79 bits per heavy atom. The third kappa shape index (κ3) is 5.69. The van der Waals surface area contributed by atoms with Crippen molar-refractivity contribution in [2.24, 2.45) is 16.0 Å². The molecule has 2 rings (SSSR count). The quantitative estimate of drug-likeness (QED) is 0.575. The molecule has 0 fully saturated rings. The van der Waals surface area contributed by atoms with E-state index in [1.165, 1.54) is 0 Å². The smallest absolute Gasteiger partial charge is 0.218 e. The summed E-state index contributed by atoms with van der Waals surface area (Å²) in [6.07, 6.45) is 7.43. The van der Waals surface area contributed by atoms with E-state index in [0.717, 1.165) is 43.7 Å². The second kappa shape index (κ2) is 10.2. The van der Waals surface area contributed by atoms with E-state index in [4.69, 9.17) is 5.73 Å². The second-order valence-electron chi connectivity index (χ2n) is 6.02. The fourth-order valence-corrected chi connectivity index (χ4v) is 2.47. The fraction of sp³-hybridized carbons (Fsp3) is 0.529. The average Bonchev–Trinajstić information content (AvgIpc) is 2.90. The lowest BCUT2D eigenvalue weighted by molar-refractivity contribution is 0.175. The van der Waals surface area contributed by atoms with Gasteiger partial charge in [0.2, 0.25) is 6.29 Å². The summed E-state index contributed by atoms with van der Waals surface area (Å²) in [4.78, 5) is 6.35. The van der Waals surface area contributed by atoms with Crippen molar-refractivity contribution >= 4 is 23.8 Å². The molecule has 1 aliphatic heterocycles. The first-order valence-electron chi connectivity index (χ1n) is 8.16. The van der Waals surface area contributed by atoms with Gasteiger partial charge in [-0.25, -0.2) is 0 Å². The van der Waals surface area contributed by atoms with Gasteiger partial charge >= 0.3 is 0 Å². The predicted molar refractivity (Wildman–Crippen MR) is 103 cm³/mol. The van der Waals surface area contributed by atoms with Crippen LogP contribution in [-0.4, -0.2) is 50.3 Å². The van der Waals surface area contributed by atoms with Gasteiger partial charge in [-0.2, -0.15) is 5.11 Å². The number of benzene rings is 1. The van der Waals surface area contributed by atoms with Gasteiger partial charge in [-0.05, 0) is 43.7 Å². The molecule has 0 saturated carbocycles. The van der Waals surface area contributed by atoms with Crippen LogP contribution in [0.1, 0.15) is 19.3 Å². The maximum atomic E-state index is 5.54. The molecular weight excluding hydrogens is 324 g/mol. The summed E-state index contributed by atoms with van der Waals surface area (Å²) in [6, 6.07) is 8.09. The summed E-state index contributed by atoms with van der Waals surface area (Å²) in [5.41, 5.74) is 7.57. The average molecular weight is 353 g/mol. The number of halogens is 1. The highest BCUT2D eigenvalue weighted by Gasteiger charge is 2.22. The van der Waals surface area contributed by atoms with Crippen LogP contribution in [0, 0.1) is 0 Å². The third-order valence-corrected chi connectivity index (χ3v) is 3.92. The molecule has 1 aromatic carbocycles. The molecule has 1 heterocycles. The Labute approximate surface area is 151 Å². The molecule has 0 aromatic heterocycles. The number of hydrogen-bond donors (Lipinski definition) is 1. The Balaban J connectivity index is 0.00000288. The predicted octanol–water partition coefficient (Wildman–Crippen LogP) is 3.39. The highest BCUT2D eigenvalue weighted by atomic mass is 35.5. The molecule has 0 aliphatic carbocycles. The van der Waals surface area contributed by atoms with E-state index < -0.39 is 0 Å². The molecule has 0 amide bonds. The topological polar surface area (TPSA) is 60.5 Å². The Morgan fingerprint density at radius 1 is 1.08 bits per heavy atom. The van der Waals surface area contributed by atoms with E-state index in [-0.39, 0.29) is 18.7 Å². The van der Waals surface area contributed by atoms with E-state index in [1.54, 1.807) is 0 Å². The number of azo groups is 1. The highest BCUT2D eigenvalue weighted by Crippen LogP contribution is 2.21. The zero-order valence-corrected chi connectivity index (χ0v) is 15.6. The highest BCUT2D eigenvalue weighted by molar-refractivity contribution is 5.85. The molecule has 7 heteroatoms. The van der Waals surface area contributed by atoms with E-state index in [9.17, 15) is 0 Å². The van der Waals surface area contributed by atoms with E-state index in [2.05, 4.69) is 43.3 Å². The summed E-state index contributed by atoms with van der Waals surface area (Å²) in [5, 5.41) is 8.90. The number of rotatable bonds is 8. The molecule has 0 saturated heterocycles. The normalized spacial score (nSPS) is 16.8. The number of nitrogens with two attached hydrogens (primary N) is 1. The van der Waals surface area contributed by atoms with Crippen molar-refractivity contribution < 1.29 is 0 Å². The summed E-state index contributed by atoms with van der Waals surface area (Å²) in [6.45, 7) is 1.74. The lowest BCUT2D eigenvalue weighted by atomic mass is 10.2. The molecule has 6 nitrogen and oxygen atoms in total. The lowest BCUT2D eigenvalue weighted by Gasteiger charge is -2.25. The number of unbranched alkanes of at least 4 members (excludes halogenated alkanes) is 2. The van der Waals surface area contributed by atoms with Crippen LogP contribution in [0.5, 0.6) is 0 Å². The Hall–Kier alpha value is -1.79. The maximum Gasteiger partial charge on any atom is 0.218 e. The van der Waals surface area contributed by atoms with Crippen LogP contribution in [0.4, 0.5) is 11.4 Å². The summed E-state index contributed by atoms with van der Waals surface area (Å²) in [5.74, 6) is 0. The Kier molecular flexibility index (Phi) is 8.57. The minimum absolute atomic E-state index is 0. The van der Waals surface area contributed by atoms with Crippen molar-refractivity contribution in [3.05, 3.63) is 36.7 Å². The van der Waals surface area contributed by atoms with Crippen molar-refractivity contribution in [3.8, 4) is 0 Å². The van der Waals surface area contributed by atoms with Crippen LogP contribution in [0.15, 0.2) is 46.9 Å². The maximum absolute atomic E-state index is 5.54. The molecule has 134 valence electrons. The largest absolute Gasteiger partial charge is 0.378 e. The molecular formula is C17H29ClN6. The molecule has 1 aromatic rings. The molecule has 1 unspecified atom stereocenters. The van der Waals surface area contributed by atoms with Gasteiger partial charge in [-0.3, -0.25) is 0 Å².